The highest BCUT2D eigenvalue weighted by Crippen LogP contribution is 2.34. The van der Waals surface area contributed by atoms with Crippen LogP contribution >= 0.6 is 0 Å². The van der Waals surface area contributed by atoms with Crippen molar-refractivity contribution < 1.29 is 42.2 Å². The van der Waals surface area contributed by atoms with Crippen molar-refractivity contribution in [1.29, 1.82) is 0 Å². The Morgan fingerprint density at radius 1 is 0.680 bits per heavy atom. The van der Waals surface area contributed by atoms with Crippen molar-refractivity contribution in [1.82, 2.24) is 24.7 Å². The average molecular weight is 1340 g/mol. The number of carbonyl (C=O) groups excluding carboxylic acids is 1. The topological polar surface area (TPSA) is 172 Å². The third-order valence-corrected chi connectivity index (χ3v) is 20.0. The summed E-state index contributed by atoms with van der Waals surface area (Å²) in [7, 11) is -0.272. The number of aryl methyl sites for hydroxylation is 1. The molecule has 3 saturated heterocycles. The van der Waals surface area contributed by atoms with E-state index in [0.29, 0.717) is 50.7 Å². The Bertz CT molecular complexity index is 3450. The summed E-state index contributed by atoms with van der Waals surface area (Å²) < 4.78 is 52.0. The average Bonchev–Trinajstić information content (AvgIpc) is 1.72. The van der Waals surface area contributed by atoms with Gasteiger partial charge in [0.05, 0.1) is 42.7 Å². The number of fused-ring (bicyclic) bond motifs is 1. The fourth-order valence-corrected chi connectivity index (χ4v) is 14.1. The molecule has 0 aliphatic carbocycles. The maximum atomic E-state index is 14.0. The van der Waals surface area contributed by atoms with E-state index in [1.807, 2.05) is 110 Å². The molecule has 7 aromatic rings. The van der Waals surface area contributed by atoms with E-state index in [1.165, 1.54) is 27.8 Å². The lowest BCUT2D eigenvalue weighted by atomic mass is 9.85. The van der Waals surface area contributed by atoms with Gasteiger partial charge in [0.2, 0.25) is 10.0 Å². The molecule has 3 aliphatic heterocycles. The Morgan fingerprint density at radius 3 is 1.67 bits per heavy atom. The highest BCUT2D eigenvalue weighted by atomic mass is 32.2. The van der Waals surface area contributed by atoms with Crippen molar-refractivity contribution in [3.8, 4) is 0 Å². The highest BCUT2D eigenvalue weighted by molar-refractivity contribution is 7.89. The van der Waals surface area contributed by atoms with Crippen LogP contribution in [0.2, 0.25) is 6.82 Å². The minimum atomic E-state index is -3.67. The Kier molecular flexibility index (Phi) is 29.2. The van der Waals surface area contributed by atoms with Gasteiger partial charge in [-0.1, -0.05) is 211 Å². The number of amides is 1. The summed E-state index contributed by atoms with van der Waals surface area (Å²) in [6.07, 6.45) is 1.21. The van der Waals surface area contributed by atoms with E-state index in [4.69, 9.17) is 18.9 Å². The Labute approximate surface area is 581 Å². The monoisotopic (exact) mass is 1340 g/mol. The number of nitrogens with zero attached hydrogens (tertiary/aromatic N) is 5. The lowest BCUT2D eigenvalue weighted by Crippen LogP contribution is -2.50. The van der Waals surface area contributed by atoms with Crippen LogP contribution in [0.1, 0.15) is 94.2 Å². The fourth-order valence-electron chi connectivity index (χ4n) is 12.2. The van der Waals surface area contributed by atoms with Crippen molar-refractivity contribution in [2.45, 2.75) is 137 Å². The van der Waals surface area contributed by atoms with Gasteiger partial charge in [0.15, 0.2) is 6.29 Å². The molecule has 3 heterocycles. The zero-order valence-electron chi connectivity index (χ0n) is 59.1. The molecule has 5 atom stereocenters. The first-order valence-corrected chi connectivity index (χ1v) is 36.1. The number of hydrogen-bond donors (Lipinski definition) is 4. The molecule has 1 amide bonds. The Morgan fingerprint density at radius 2 is 1.18 bits per heavy atom. The zero-order chi connectivity index (χ0) is 69.4. The first-order chi connectivity index (χ1) is 46.5. The molecule has 0 radical (unpaired) electrons. The van der Waals surface area contributed by atoms with Crippen molar-refractivity contribution >= 4 is 41.6 Å². The van der Waals surface area contributed by atoms with Gasteiger partial charge in [-0.15, -0.1) is 0 Å². The molecule has 0 aromatic heterocycles. The van der Waals surface area contributed by atoms with Crippen LogP contribution < -0.4 is 20.3 Å². The van der Waals surface area contributed by atoms with Crippen molar-refractivity contribution in [2.75, 3.05) is 82.7 Å². The van der Waals surface area contributed by atoms with Crippen molar-refractivity contribution in [3.63, 3.8) is 0 Å². The molecule has 0 unspecified atom stereocenters. The standard InChI is InChI=1S/C37H49N3O5.C32H44BN3O3S.C9H14BNO/c1-37(2,19-20-40(24-29-14-8-4-9-15-29)25-30-16-10-5-11-17-30)27-38-23-33(41)32(22-28-12-6-3-7-13-28)39-36(42)45-34-26-44-35-31(34)18-21-43-35;1-27(2)22-36(40(37,38)31-18-12-17-30(21-31)34(5)33-26-39-33)25-32(3,4)19-20-35(23-28-13-8-6-9-14-28)24-29-15-10-7-11-16-29;1-8-5-4-6-9(7-8)11(3)10(2)12/h3-17,31-35,38,41H,18-27H2,1-2H3,(H,39,42);6-18,21,27H,19-20,22-26H2,1-5H3;4-7,12H,1-3H3/t31-,32-,33+,34-,35+;;/m0../s1. The number of aliphatic hydroxyl groups excluding tert-OH is 1. The third-order valence-electron chi connectivity index (χ3n) is 18.2. The molecule has 520 valence electrons. The fraction of sp³-hybridized carbons (Fsp3) is 0.449. The predicted octanol–water partition coefficient (Wildman–Crippen LogP) is 12.6. The van der Waals surface area contributed by atoms with Crippen molar-refractivity contribution in [3.05, 3.63) is 234 Å². The molecule has 7 aromatic carbocycles. The Hall–Kier alpha value is -6.87. The van der Waals surface area contributed by atoms with Gasteiger partial charge in [-0.2, -0.15) is 4.31 Å². The number of hydrogen-bond acceptors (Lipinski definition) is 14. The summed E-state index contributed by atoms with van der Waals surface area (Å²) in [5.74, 6) is 0.275. The van der Waals surface area contributed by atoms with Gasteiger partial charge in [0, 0.05) is 63.7 Å². The number of nitrogens with one attached hydrogen (secondary N) is 2. The van der Waals surface area contributed by atoms with Gasteiger partial charge >= 0.3 is 20.2 Å². The third kappa shape index (κ3) is 25.4. The maximum absolute atomic E-state index is 14.0. The number of anilines is 2. The second-order valence-corrected chi connectivity index (χ2v) is 30.4. The molecule has 0 bridgehead atoms. The van der Waals surface area contributed by atoms with Gasteiger partial charge < -0.3 is 49.3 Å². The van der Waals surface area contributed by atoms with Crippen LogP contribution in [0.25, 0.3) is 0 Å². The van der Waals surface area contributed by atoms with Gasteiger partial charge in [0.25, 0.3) is 0 Å². The van der Waals surface area contributed by atoms with Crippen LogP contribution in [-0.2, 0) is 61.5 Å². The van der Waals surface area contributed by atoms with E-state index >= 15 is 0 Å². The summed E-state index contributed by atoms with van der Waals surface area (Å²) in [6.45, 7) is 25.8. The SMILES string of the molecule is CB(O)N(C)c1cccc(C)c1.CC(C)(CCN(Cc1ccccc1)Cc1ccccc1)CNC[C@@H](O)[C@H](Cc1ccccc1)NC(=O)O[C@H]1CO[C@H]2OCC[C@H]21.CC(C)CN(CC(C)(C)CCN(Cc1ccccc1)Cc1ccccc1)S(=O)(=O)c1cccc(N(C)B2CO2)c1. The summed E-state index contributed by atoms with van der Waals surface area (Å²) in [4.78, 5) is 22.1. The van der Waals surface area contributed by atoms with Crippen LogP contribution in [0.5, 0.6) is 0 Å². The molecular formula is C78H107B2N7O9S. The van der Waals surface area contributed by atoms with E-state index in [1.54, 1.807) is 23.3 Å². The highest BCUT2D eigenvalue weighted by Gasteiger charge is 2.44. The molecule has 19 heteroatoms. The van der Waals surface area contributed by atoms with Gasteiger partial charge in [-0.3, -0.25) is 9.80 Å². The second kappa shape index (κ2) is 37.4. The van der Waals surface area contributed by atoms with E-state index in [0.717, 1.165) is 82.0 Å². The first kappa shape index (κ1) is 75.9. The van der Waals surface area contributed by atoms with E-state index in [2.05, 4.69) is 171 Å². The maximum Gasteiger partial charge on any atom is 0.440 e. The van der Waals surface area contributed by atoms with Gasteiger partial charge in [-0.25, -0.2) is 13.2 Å². The lowest BCUT2D eigenvalue weighted by molar-refractivity contribution is -0.0907. The minimum Gasteiger partial charge on any atom is -0.443 e. The molecule has 0 saturated carbocycles. The smallest absolute Gasteiger partial charge is 0.440 e. The quantitative estimate of drug-likeness (QED) is 0.0226. The lowest BCUT2D eigenvalue weighted by Gasteiger charge is -2.35. The zero-order valence-corrected chi connectivity index (χ0v) is 59.9. The Balaban J connectivity index is 0.000000212. The molecule has 97 heavy (non-hydrogen) atoms. The molecule has 3 aliphatic rings. The minimum absolute atomic E-state index is 0.00496. The molecule has 0 spiro atoms. The first-order valence-electron chi connectivity index (χ1n) is 34.6. The van der Waals surface area contributed by atoms with E-state index < -0.39 is 35.3 Å². The molecular weight excluding hydrogens is 1230 g/mol. The van der Waals surface area contributed by atoms with E-state index in [-0.39, 0.29) is 42.1 Å². The number of carbonyl (C=O) groups is 1. The van der Waals surface area contributed by atoms with Crippen LogP contribution in [0, 0.1) is 29.6 Å². The second-order valence-electron chi connectivity index (χ2n) is 28.5. The number of alkyl carbamates (subject to hydrolysis) is 1. The number of ether oxygens (including phenoxy) is 3. The molecule has 4 N–H and O–H groups in total. The number of rotatable bonds is 33. The largest absolute Gasteiger partial charge is 0.443 e. The molecule has 3 fully saturated rings. The van der Waals surface area contributed by atoms with E-state index in [9.17, 15) is 23.3 Å². The van der Waals surface area contributed by atoms with Gasteiger partial charge in [-0.05, 0) is 147 Å². The van der Waals surface area contributed by atoms with Crippen LogP contribution in [0.4, 0.5) is 16.2 Å². The number of benzene rings is 7. The number of aliphatic hydroxyl groups is 1. The van der Waals surface area contributed by atoms with Crippen LogP contribution in [0.3, 0.4) is 0 Å². The summed E-state index contributed by atoms with van der Waals surface area (Å²) >= 11 is 0. The van der Waals surface area contributed by atoms with Crippen molar-refractivity contribution in [2.24, 2.45) is 22.7 Å². The normalized spacial score (nSPS) is 16.6. The summed E-state index contributed by atoms with van der Waals surface area (Å²) in [5.41, 5.74) is 9.09. The molecule has 16 nitrogen and oxygen atoms in total. The van der Waals surface area contributed by atoms with Crippen LogP contribution in [-0.4, -0.2) is 150 Å². The predicted molar refractivity (Wildman–Crippen MR) is 394 cm³/mol. The molecule has 10 rings (SSSR count). The van der Waals surface area contributed by atoms with Gasteiger partial charge in [0.1, 0.15) is 6.10 Å². The summed E-state index contributed by atoms with van der Waals surface area (Å²) in [6, 6.07) is 67.0. The number of sulfonamides is 1. The summed E-state index contributed by atoms with van der Waals surface area (Å²) in [5, 5.41) is 27.0. The van der Waals surface area contributed by atoms with Crippen LogP contribution in [0.15, 0.2) is 205 Å².